The molecule has 1 aliphatic carbocycles. The molecule has 2 aliphatic heterocycles. The van der Waals surface area contributed by atoms with Gasteiger partial charge in [0.2, 0.25) is 0 Å². The minimum Gasteiger partial charge on any atom is -0.453 e. The van der Waals surface area contributed by atoms with E-state index >= 15 is 0 Å². The van der Waals surface area contributed by atoms with Crippen molar-refractivity contribution in [2.75, 3.05) is 9.80 Å². The van der Waals surface area contributed by atoms with Crippen LogP contribution in [0.4, 0.5) is 34.1 Å². The molecule has 2 heterocycles. The summed E-state index contributed by atoms with van der Waals surface area (Å²) in [7, 11) is 0. The minimum absolute atomic E-state index is 0.120. The second-order valence-corrected chi connectivity index (χ2v) is 15.5. The fraction of sp³-hybridized carbons (Fsp3) is 0.143. The third-order valence-corrected chi connectivity index (χ3v) is 11.7. The third-order valence-electron chi connectivity index (χ3n) is 11.7. The summed E-state index contributed by atoms with van der Waals surface area (Å²) in [5.74, 6) is 1.78. The molecule has 3 nitrogen and oxygen atoms in total. The van der Waals surface area contributed by atoms with Gasteiger partial charge in [0.25, 0.3) is 0 Å². The topological polar surface area (TPSA) is 15.7 Å². The molecule has 0 spiro atoms. The number of fused-ring (bicyclic) bond motifs is 7. The van der Waals surface area contributed by atoms with Crippen LogP contribution in [0.15, 0.2) is 152 Å². The number of hydrogen-bond acceptors (Lipinski definition) is 3. The second kappa shape index (κ2) is 11.0. The molecule has 0 saturated carbocycles. The fourth-order valence-electron chi connectivity index (χ4n) is 9.18. The summed E-state index contributed by atoms with van der Waals surface area (Å²) in [6, 6.07) is 55.4. The van der Waals surface area contributed by atoms with Crippen LogP contribution in [0.5, 0.6) is 11.5 Å². The van der Waals surface area contributed by atoms with E-state index in [0.717, 1.165) is 34.2 Å². The number of nitrogens with zero attached hydrogens (tertiary/aromatic N) is 2. The molecule has 0 fully saturated rings. The van der Waals surface area contributed by atoms with Gasteiger partial charge in [-0.25, -0.2) is 0 Å². The zero-order chi connectivity index (χ0) is 35.4. The smallest absolute Gasteiger partial charge is 0.151 e. The van der Waals surface area contributed by atoms with E-state index in [1.54, 1.807) is 0 Å². The Morgan fingerprint density at radius 1 is 0.500 bits per heavy atom. The van der Waals surface area contributed by atoms with Crippen LogP contribution in [0.25, 0.3) is 22.3 Å². The standard InChI is InChI=1S/C49H40N2O/c1-31-14-11-22-43-46(31)51-42-21-13-20-41(45(42)49(4,5)39-19-12-23-44(52-43)47(39)51)50(34-26-24-33(25-27-34)32-15-7-6-8-16-32)35-28-29-37-36-17-9-10-18-38(36)48(2,3)40(37)30-35/h6-30H,1-5H3. The van der Waals surface area contributed by atoms with Crippen molar-refractivity contribution in [1.82, 2.24) is 0 Å². The lowest BCUT2D eigenvalue weighted by atomic mass is 9.72. The van der Waals surface area contributed by atoms with Crippen LogP contribution in [0.1, 0.15) is 55.5 Å². The van der Waals surface area contributed by atoms with Crippen molar-refractivity contribution in [3.8, 4) is 33.8 Å². The molecule has 52 heavy (non-hydrogen) atoms. The highest BCUT2D eigenvalue weighted by atomic mass is 16.5. The van der Waals surface area contributed by atoms with E-state index in [2.05, 4.69) is 196 Å². The summed E-state index contributed by atoms with van der Waals surface area (Å²) >= 11 is 0. The summed E-state index contributed by atoms with van der Waals surface area (Å²) in [5, 5.41) is 0. The molecular weight excluding hydrogens is 633 g/mol. The molecule has 0 bridgehead atoms. The Kier molecular flexibility index (Phi) is 6.48. The highest BCUT2D eigenvalue weighted by Gasteiger charge is 2.44. The van der Waals surface area contributed by atoms with Crippen molar-refractivity contribution in [2.24, 2.45) is 0 Å². The van der Waals surface area contributed by atoms with Gasteiger partial charge in [-0.2, -0.15) is 0 Å². The number of hydrogen-bond donors (Lipinski definition) is 0. The zero-order valence-electron chi connectivity index (χ0n) is 30.2. The van der Waals surface area contributed by atoms with Crippen molar-refractivity contribution in [1.29, 1.82) is 0 Å². The summed E-state index contributed by atoms with van der Waals surface area (Å²) in [4.78, 5) is 4.95. The summed E-state index contributed by atoms with van der Waals surface area (Å²) in [6.07, 6.45) is 0. The van der Waals surface area contributed by atoms with Gasteiger partial charge >= 0.3 is 0 Å². The van der Waals surface area contributed by atoms with Crippen LogP contribution in [-0.4, -0.2) is 0 Å². The summed E-state index contributed by atoms with van der Waals surface area (Å²) in [6.45, 7) is 11.6. The van der Waals surface area contributed by atoms with Gasteiger partial charge < -0.3 is 14.5 Å². The number of para-hydroxylation sites is 2. The van der Waals surface area contributed by atoms with E-state index in [0.29, 0.717) is 0 Å². The van der Waals surface area contributed by atoms with Crippen molar-refractivity contribution in [3.63, 3.8) is 0 Å². The first-order valence-electron chi connectivity index (χ1n) is 18.3. The van der Waals surface area contributed by atoms with Gasteiger partial charge in [-0.3, -0.25) is 0 Å². The molecule has 252 valence electrons. The van der Waals surface area contributed by atoms with Crippen molar-refractivity contribution in [3.05, 3.63) is 179 Å². The van der Waals surface area contributed by atoms with E-state index < -0.39 is 0 Å². The Morgan fingerprint density at radius 2 is 1.13 bits per heavy atom. The lowest BCUT2D eigenvalue weighted by Crippen LogP contribution is -2.34. The molecule has 0 amide bonds. The lowest BCUT2D eigenvalue weighted by molar-refractivity contribution is 0.471. The summed E-state index contributed by atoms with van der Waals surface area (Å²) < 4.78 is 6.61. The predicted molar refractivity (Wildman–Crippen MR) is 216 cm³/mol. The van der Waals surface area contributed by atoms with Gasteiger partial charge in [0, 0.05) is 27.8 Å². The SMILES string of the molecule is Cc1cccc2c1N1c3cccc(N(c4ccc(-c5ccccc5)cc4)c4ccc5c(c4)C(C)(C)c4ccccc4-5)c3C(C)(C)c3cccc(c31)O2. The molecule has 0 radical (unpaired) electrons. The van der Waals surface area contributed by atoms with E-state index in [1.807, 2.05) is 0 Å². The molecule has 0 aromatic heterocycles. The molecule has 0 N–H and O–H groups in total. The minimum atomic E-state index is -0.341. The van der Waals surface area contributed by atoms with Crippen LogP contribution >= 0.6 is 0 Å². The predicted octanol–water partition coefficient (Wildman–Crippen LogP) is 13.7. The van der Waals surface area contributed by atoms with Gasteiger partial charge in [0.15, 0.2) is 11.5 Å². The van der Waals surface area contributed by atoms with Crippen LogP contribution < -0.4 is 14.5 Å². The maximum atomic E-state index is 6.61. The van der Waals surface area contributed by atoms with Crippen LogP contribution in [-0.2, 0) is 10.8 Å². The monoisotopic (exact) mass is 672 g/mol. The highest BCUT2D eigenvalue weighted by molar-refractivity contribution is 5.98. The fourth-order valence-corrected chi connectivity index (χ4v) is 9.18. The van der Waals surface area contributed by atoms with Crippen molar-refractivity contribution in [2.45, 2.75) is 45.4 Å². The first-order valence-corrected chi connectivity index (χ1v) is 18.3. The van der Waals surface area contributed by atoms with Gasteiger partial charge in [0.05, 0.1) is 22.7 Å². The Morgan fingerprint density at radius 3 is 1.94 bits per heavy atom. The van der Waals surface area contributed by atoms with Gasteiger partial charge in [-0.15, -0.1) is 0 Å². The maximum Gasteiger partial charge on any atom is 0.151 e. The molecule has 7 aromatic carbocycles. The largest absolute Gasteiger partial charge is 0.453 e. The van der Waals surface area contributed by atoms with Gasteiger partial charge in [-0.05, 0) is 100.0 Å². The molecule has 0 unspecified atom stereocenters. The molecule has 0 atom stereocenters. The quantitative estimate of drug-likeness (QED) is 0.185. The molecule has 0 saturated heterocycles. The Bertz CT molecular complexity index is 2560. The highest BCUT2D eigenvalue weighted by Crippen LogP contribution is 2.62. The van der Waals surface area contributed by atoms with Gasteiger partial charge in [0.1, 0.15) is 0 Å². The van der Waals surface area contributed by atoms with E-state index in [4.69, 9.17) is 4.74 Å². The van der Waals surface area contributed by atoms with Crippen molar-refractivity contribution < 1.29 is 4.74 Å². The molecule has 10 rings (SSSR count). The molecule has 7 aromatic rings. The normalized spacial score (nSPS) is 15.1. The zero-order valence-corrected chi connectivity index (χ0v) is 30.2. The van der Waals surface area contributed by atoms with E-state index in [9.17, 15) is 0 Å². The lowest BCUT2D eigenvalue weighted by Gasteiger charge is -2.47. The second-order valence-electron chi connectivity index (χ2n) is 15.5. The van der Waals surface area contributed by atoms with Crippen LogP contribution in [0.2, 0.25) is 0 Å². The molecule has 3 heteroatoms. The average Bonchev–Trinajstić information content (AvgIpc) is 3.39. The molecular formula is C49H40N2O. The Hall–Kier alpha value is -6.06. The van der Waals surface area contributed by atoms with Crippen LogP contribution in [0.3, 0.4) is 0 Å². The number of ether oxygens (including phenoxy) is 1. The number of rotatable bonds is 4. The first-order chi connectivity index (χ1) is 25.2. The third kappa shape index (κ3) is 4.26. The van der Waals surface area contributed by atoms with Gasteiger partial charge in [-0.1, -0.05) is 131 Å². The Balaban J connectivity index is 1.23. The molecule has 3 aliphatic rings. The first kappa shape index (κ1) is 30.7. The number of benzene rings is 7. The van der Waals surface area contributed by atoms with E-state index in [-0.39, 0.29) is 10.8 Å². The number of aryl methyl sites for hydroxylation is 1. The number of anilines is 6. The van der Waals surface area contributed by atoms with E-state index in [1.165, 1.54) is 61.4 Å². The Labute approximate surface area is 306 Å². The maximum absolute atomic E-state index is 6.61. The van der Waals surface area contributed by atoms with Crippen molar-refractivity contribution >= 4 is 34.1 Å². The van der Waals surface area contributed by atoms with Crippen LogP contribution in [0, 0.1) is 6.92 Å². The summed E-state index contributed by atoms with van der Waals surface area (Å²) in [5.41, 5.74) is 17.9. The average molecular weight is 673 g/mol.